The minimum atomic E-state index is -1.40. The number of aliphatic hydroxyl groups is 2. The highest BCUT2D eigenvalue weighted by Gasteiger charge is 2.48. The molecule has 15 nitrogen and oxygen atoms in total. The molecule has 3 aliphatic heterocycles. The minimum Gasteiger partial charge on any atom is -0.425 e. The summed E-state index contributed by atoms with van der Waals surface area (Å²) in [7, 11) is 0. The minimum absolute atomic E-state index is 0.0888. The Morgan fingerprint density at radius 1 is 1.15 bits per heavy atom. The first kappa shape index (κ1) is 26.7. The second kappa shape index (κ2) is 10.8. The number of likely N-dealkylation sites (tertiary alicyclic amines) is 1. The van der Waals surface area contributed by atoms with E-state index in [0.717, 1.165) is 32.1 Å². The third-order valence-electron chi connectivity index (χ3n) is 8.04. The van der Waals surface area contributed by atoms with E-state index in [4.69, 9.17) is 15.2 Å². The number of carbonyl (C=O) groups excluding carboxylic acids is 3. The van der Waals surface area contributed by atoms with Crippen molar-refractivity contribution in [3.8, 4) is 0 Å². The number of ether oxygens (including phenoxy) is 2. The van der Waals surface area contributed by atoms with Crippen molar-refractivity contribution in [2.45, 2.75) is 88.2 Å². The standard InChI is InChI=1S/C25H34N8O7/c26-21-17-22(33(11-27-17)24-19(36)18(35)20(40-24)23(37)28-13-2-3-13)30-14(29-21)4-1-12-7-9-32(10-8-12)25(38)39-16-6-5-15(34)31-16/h11-13,16,18-20,24,35-36H,1-10H2,(H,28,37)(H,31,34)(H2,26,29,30)/t16?,18?,19?,20-,24+/m0/s1. The van der Waals surface area contributed by atoms with Gasteiger partial charge in [-0.05, 0) is 38.0 Å². The molecule has 2 aromatic heterocycles. The number of aliphatic hydroxyl groups excluding tert-OH is 2. The molecule has 6 rings (SSSR count). The Kier molecular flexibility index (Phi) is 7.18. The van der Waals surface area contributed by atoms with Crippen LogP contribution in [0.1, 0.15) is 57.0 Å². The lowest BCUT2D eigenvalue weighted by atomic mass is 9.92. The van der Waals surface area contributed by atoms with Crippen LogP contribution in [0.15, 0.2) is 6.33 Å². The molecule has 1 saturated carbocycles. The average molecular weight is 559 g/mol. The highest BCUT2D eigenvalue weighted by molar-refractivity contribution is 5.83. The Labute approximate surface area is 229 Å². The molecule has 0 spiro atoms. The van der Waals surface area contributed by atoms with Gasteiger partial charge in [0.1, 0.15) is 23.5 Å². The fraction of sp³-hybridized carbons (Fsp3) is 0.680. The molecule has 3 unspecified atom stereocenters. The summed E-state index contributed by atoms with van der Waals surface area (Å²) in [5.74, 6) is 0.473. The fourth-order valence-electron chi connectivity index (χ4n) is 5.51. The van der Waals surface area contributed by atoms with Crippen LogP contribution in [0.4, 0.5) is 10.6 Å². The number of imidazole rings is 1. The maximum Gasteiger partial charge on any atom is 0.411 e. The molecule has 15 heteroatoms. The molecular weight excluding hydrogens is 524 g/mol. The van der Waals surface area contributed by atoms with E-state index in [2.05, 4.69) is 25.6 Å². The number of piperidine rings is 1. The number of hydrogen-bond donors (Lipinski definition) is 5. The molecular formula is C25H34N8O7. The van der Waals surface area contributed by atoms with Crippen molar-refractivity contribution in [3.63, 3.8) is 0 Å². The molecule has 6 N–H and O–H groups in total. The molecule has 2 aromatic rings. The smallest absolute Gasteiger partial charge is 0.411 e. The van der Waals surface area contributed by atoms with E-state index in [9.17, 15) is 24.6 Å². The van der Waals surface area contributed by atoms with Gasteiger partial charge in [-0.2, -0.15) is 0 Å². The Balaban J connectivity index is 1.06. The number of anilines is 1. The predicted molar refractivity (Wildman–Crippen MR) is 137 cm³/mol. The number of nitrogens with one attached hydrogen (secondary N) is 2. The molecule has 5 heterocycles. The number of nitrogens with zero attached hydrogens (tertiary/aromatic N) is 5. The summed E-state index contributed by atoms with van der Waals surface area (Å²) < 4.78 is 12.7. The van der Waals surface area contributed by atoms with E-state index in [1.54, 1.807) is 4.90 Å². The zero-order valence-corrected chi connectivity index (χ0v) is 21.9. The van der Waals surface area contributed by atoms with Crippen molar-refractivity contribution < 1.29 is 34.1 Å². The number of rotatable bonds is 7. The van der Waals surface area contributed by atoms with Crippen LogP contribution in [0.3, 0.4) is 0 Å². The van der Waals surface area contributed by atoms with Crippen molar-refractivity contribution in [1.82, 2.24) is 35.1 Å². The quantitative estimate of drug-likeness (QED) is 0.288. The van der Waals surface area contributed by atoms with E-state index >= 15 is 0 Å². The summed E-state index contributed by atoms with van der Waals surface area (Å²) in [5.41, 5.74) is 6.86. The lowest BCUT2D eigenvalue weighted by Crippen LogP contribution is -2.43. The normalized spacial score (nSPS) is 29.1. The maximum atomic E-state index is 12.5. The zero-order valence-electron chi connectivity index (χ0n) is 21.9. The highest BCUT2D eigenvalue weighted by Crippen LogP contribution is 2.33. The zero-order chi connectivity index (χ0) is 28.0. The summed E-state index contributed by atoms with van der Waals surface area (Å²) in [6, 6.07) is 0.0888. The van der Waals surface area contributed by atoms with Gasteiger partial charge in [-0.25, -0.2) is 19.7 Å². The van der Waals surface area contributed by atoms with Gasteiger partial charge in [0.2, 0.25) is 5.91 Å². The van der Waals surface area contributed by atoms with Gasteiger partial charge >= 0.3 is 6.09 Å². The molecule has 0 bridgehead atoms. The first-order valence-corrected chi connectivity index (χ1v) is 13.8. The van der Waals surface area contributed by atoms with E-state index in [1.807, 2.05) is 0 Å². The van der Waals surface area contributed by atoms with Crippen molar-refractivity contribution in [2.75, 3.05) is 18.8 Å². The predicted octanol–water partition coefficient (Wildman–Crippen LogP) is -0.676. The molecule has 216 valence electrons. The lowest BCUT2D eigenvalue weighted by Gasteiger charge is -2.32. The number of nitrogens with two attached hydrogens (primary N) is 1. The van der Waals surface area contributed by atoms with E-state index in [0.29, 0.717) is 55.3 Å². The number of hydrogen-bond acceptors (Lipinski definition) is 11. The topological polar surface area (TPSA) is 207 Å². The van der Waals surface area contributed by atoms with Gasteiger partial charge in [0, 0.05) is 38.4 Å². The van der Waals surface area contributed by atoms with Gasteiger partial charge in [-0.3, -0.25) is 14.2 Å². The second-order valence-corrected chi connectivity index (χ2v) is 11.0. The maximum absolute atomic E-state index is 12.5. The van der Waals surface area contributed by atoms with Crippen LogP contribution < -0.4 is 16.4 Å². The Hall–Kier alpha value is -3.56. The highest BCUT2D eigenvalue weighted by atomic mass is 16.6. The van der Waals surface area contributed by atoms with Gasteiger partial charge in [0.25, 0.3) is 5.91 Å². The molecule has 4 aliphatic rings. The van der Waals surface area contributed by atoms with Crippen LogP contribution in [0, 0.1) is 5.92 Å². The number of fused-ring (bicyclic) bond motifs is 1. The fourth-order valence-corrected chi connectivity index (χ4v) is 5.51. The number of carbonyl (C=O) groups is 3. The number of aromatic nitrogens is 4. The summed E-state index contributed by atoms with van der Waals surface area (Å²) in [6.45, 7) is 1.13. The van der Waals surface area contributed by atoms with Gasteiger partial charge in [-0.15, -0.1) is 0 Å². The third-order valence-corrected chi connectivity index (χ3v) is 8.04. The monoisotopic (exact) mass is 558 g/mol. The number of amides is 3. The lowest BCUT2D eigenvalue weighted by molar-refractivity contribution is -0.137. The molecule has 0 radical (unpaired) electrons. The SMILES string of the molecule is Nc1nc(CCC2CCN(C(=O)OC3CCC(=O)N3)CC2)nc2c1ncn2[C@@H]1O[C@H](C(=O)NC2CC2)C(O)C1O. The molecule has 4 fully saturated rings. The molecule has 1 aliphatic carbocycles. The first-order chi connectivity index (χ1) is 19.3. The molecule has 5 atom stereocenters. The Morgan fingerprint density at radius 2 is 1.93 bits per heavy atom. The molecule has 3 saturated heterocycles. The van der Waals surface area contributed by atoms with Crippen molar-refractivity contribution in [3.05, 3.63) is 12.2 Å². The second-order valence-electron chi connectivity index (χ2n) is 11.0. The van der Waals surface area contributed by atoms with Gasteiger partial charge in [0.05, 0.1) is 6.33 Å². The van der Waals surface area contributed by atoms with Gasteiger partial charge in [-0.1, -0.05) is 0 Å². The molecule has 3 amide bonds. The van der Waals surface area contributed by atoms with Crippen molar-refractivity contribution >= 4 is 34.9 Å². The Morgan fingerprint density at radius 3 is 2.62 bits per heavy atom. The van der Waals surface area contributed by atoms with Crippen LogP contribution in [-0.2, 0) is 25.5 Å². The van der Waals surface area contributed by atoms with E-state index in [-0.39, 0.29) is 17.8 Å². The van der Waals surface area contributed by atoms with Crippen molar-refractivity contribution in [2.24, 2.45) is 5.92 Å². The van der Waals surface area contributed by atoms with Gasteiger partial charge in [0.15, 0.2) is 30.0 Å². The Bertz CT molecular complexity index is 1290. The average Bonchev–Trinajstić information content (AvgIpc) is 3.36. The summed E-state index contributed by atoms with van der Waals surface area (Å²) in [4.78, 5) is 51.2. The van der Waals surface area contributed by atoms with Gasteiger partial charge < -0.3 is 41.0 Å². The summed E-state index contributed by atoms with van der Waals surface area (Å²) in [6.07, 6.45) is 0.960. The molecule has 40 heavy (non-hydrogen) atoms. The van der Waals surface area contributed by atoms with E-state index in [1.165, 1.54) is 10.9 Å². The molecule has 0 aromatic carbocycles. The van der Waals surface area contributed by atoms with E-state index < -0.39 is 42.8 Å². The summed E-state index contributed by atoms with van der Waals surface area (Å²) in [5, 5.41) is 26.6. The van der Waals surface area contributed by atoms with Crippen LogP contribution in [0.5, 0.6) is 0 Å². The van der Waals surface area contributed by atoms with Crippen molar-refractivity contribution in [1.29, 1.82) is 0 Å². The van der Waals surface area contributed by atoms with Crippen LogP contribution in [0.25, 0.3) is 11.2 Å². The first-order valence-electron chi connectivity index (χ1n) is 13.8. The largest absolute Gasteiger partial charge is 0.425 e. The summed E-state index contributed by atoms with van der Waals surface area (Å²) >= 11 is 0. The number of aryl methyl sites for hydroxylation is 1. The van der Waals surface area contributed by atoms with Crippen LogP contribution >= 0.6 is 0 Å². The number of nitrogen functional groups attached to an aromatic ring is 1. The van der Waals surface area contributed by atoms with Crippen LogP contribution in [-0.4, -0.2) is 96.2 Å². The van der Waals surface area contributed by atoms with Crippen LogP contribution in [0.2, 0.25) is 0 Å². The third kappa shape index (κ3) is 5.40.